The van der Waals surface area contributed by atoms with E-state index in [0.29, 0.717) is 22.5 Å². The van der Waals surface area contributed by atoms with E-state index >= 15 is 0 Å². The Bertz CT molecular complexity index is 1000. The Morgan fingerprint density at radius 2 is 1.76 bits per heavy atom. The number of anilines is 2. The van der Waals surface area contributed by atoms with E-state index in [9.17, 15) is 13.2 Å². The molecule has 1 aliphatic rings. The van der Waals surface area contributed by atoms with Gasteiger partial charge in [0.25, 0.3) is 0 Å². The molecule has 29 heavy (non-hydrogen) atoms. The van der Waals surface area contributed by atoms with Gasteiger partial charge in [-0.1, -0.05) is 0 Å². The maximum absolute atomic E-state index is 12.8. The molecule has 0 aliphatic heterocycles. The van der Waals surface area contributed by atoms with Crippen molar-refractivity contribution in [2.75, 3.05) is 11.1 Å². The van der Waals surface area contributed by atoms with E-state index in [1.807, 2.05) is 0 Å². The fourth-order valence-electron chi connectivity index (χ4n) is 3.44. The Hall–Kier alpha value is -3.17. The molecule has 0 atom stereocenters. The number of hydrogen-bond donors (Lipinski definition) is 2. The lowest BCUT2D eigenvalue weighted by molar-refractivity contribution is -0.144. The summed E-state index contributed by atoms with van der Waals surface area (Å²) in [5, 5.41) is 3.07. The van der Waals surface area contributed by atoms with Gasteiger partial charge in [-0.15, -0.1) is 0 Å². The summed E-state index contributed by atoms with van der Waals surface area (Å²) in [6.45, 7) is 0. The molecule has 1 saturated carbocycles. The van der Waals surface area contributed by atoms with Gasteiger partial charge in [0.2, 0.25) is 5.82 Å². The molecule has 0 unspecified atom stereocenters. The van der Waals surface area contributed by atoms with E-state index in [-0.39, 0.29) is 18.0 Å². The van der Waals surface area contributed by atoms with Gasteiger partial charge in [0.15, 0.2) is 0 Å². The highest BCUT2D eigenvalue weighted by Gasteiger charge is 2.35. The summed E-state index contributed by atoms with van der Waals surface area (Å²) >= 11 is 0. The number of fused-ring (bicyclic) bond motifs is 1. The Morgan fingerprint density at radius 1 is 1.00 bits per heavy atom. The van der Waals surface area contributed by atoms with E-state index < -0.39 is 12.0 Å². The normalized spacial score (nSPS) is 19.8. The lowest BCUT2D eigenvalue weighted by Crippen LogP contribution is -2.31. The molecule has 3 aromatic rings. The smallest absolute Gasteiger partial charge is 0.451 e. The summed E-state index contributed by atoms with van der Waals surface area (Å²) in [6.07, 6.45) is 2.67. The van der Waals surface area contributed by atoms with Crippen molar-refractivity contribution in [1.29, 1.82) is 0 Å². The first-order valence-electron chi connectivity index (χ1n) is 9.22. The second-order valence-electron chi connectivity index (χ2n) is 6.94. The predicted molar refractivity (Wildman–Crippen MR) is 101 cm³/mol. The molecule has 7 nitrogen and oxygen atoms in total. The van der Waals surface area contributed by atoms with Crippen molar-refractivity contribution >= 4 is 22.5 Å². The van der Waals surface area contributed by atoms with E-state index in [4.69, 9.17) is 10.5 Å². The van der Waals surface area contributed by atoms with E-state index in [1.54, 1.807) is 24.5 Å². The van der Waals surface area contributed by atoms with Crippen LogP contribution in [0, 0.1) is 0 Å². The van der Waals surface area contributed by atoms with Crippen LogP contribution in [0.5, 0.6) is 5.75 Å². The number of nitrogens with one attached hydrogen (secondary N) is 1. The van der Waals surface area contributed by atoms with Crippen molar-refractivity contribution in [1.82, 2.24) is 19.9 Å². The maximum Gasteiger partial charge on any atom is 0.451 e. The number of hydrogen-bond acceptors (Lipinski definition) is 7. The first-order chi connectivity index (χ1) is 13.9. The number of nitrogens with two attached hydrogens (primary N) is 1. The Labute approximate surface area is 164 Å². The Kier molecular flexibility index (Phi) is 5.08. The summed E-state index contributed by atoms with van der Waals surface area (Å²) < 4.78 is 44.4. The van der Waals surface area contributed by atoms with Crippen molar-refractivity contribution in [3.63, 3.8) is 0 Å². The summed E-state index contributed by atoms with van der Waals surface area (Å²) in [5.41, 5.74) is 7.80. The second-order valence-corrected chi connectivity index (χ2v) is 6.94. The summed E-state index contributed by atoms with van der Waals surface area (Å²) in [6, 6.07) is 4.94. The van der Waals surface area contributed by atoms with Gasteiger partial charge < -0.3 is 15.8 Å². The fraction of sp³-hybridized carbons (Fsp3) is 0.368. The van der Waals surface area contributed by atoms with Crippen molar-refractivity contribution in [3.05, 3.63) is 42.6 Å². The SMILES string of the molecule is Nc1cc(OC2CCC(Nc3ccnc(C(F)(F)F)n3)CC2)c2nccnc2c1. The summed E-state index contributed by atoms with van der Waals surface area (Å²) in [7, 11) is 0. The number of benzene rings is 1. The van der Waals surface area contributed by atoms with Gasteiger partial charge in [0.05, 0.1) is 11.6 Å². The van der Waals surface area contributed by atoms with Crippen LogP contribution >= 0.6 is 0 Å². The molecule has 0 amide bonds. The third kappa shape index (κ3) is 4.47. The molecule has 1 aromatic carbocycles. The number of ether oxygens (including phenoxy) is 1. The van der Waals surface area contributed by atoms with Crippen LogP contribution in [-0.4, -0.2) is 32.1 Å². The number of alkyl halides is 3. The molecule has 2 heterocycles. The molecular weight excluding hydrogens is 385 g/mol. The van der Waals surface area contributed by atoms with Crippen LogP contribution < -0.4 is 15.8 Å². The zero-order valence-electron chi connectivity index (χ0n) is 15.4. The first kappa shape index (κ1) is 19.2. The van der Waals surface area contributed by atoms with Crippen LogP contribution in [0.4, 0.5) is 24.7 Å². The third-order valence-corrected chi connectivity index (χ3v) is 4.79. The minimum Gasteiger partial charge on any atom is -0.488 e. The zero-order valence-corrected chi connectivity index (χ0v) is 15.4. The number of nitrogens with zero attached hydrogens (tertiary/aromatic N) is 4. The van der Waals surface area contributed by atoms with Crippen molar-refractivity contribution in [3.8, 4) is 5.75 Å². The average molecular weight is 404 g/mol. The molecule has 1 fully saturated rings. The van der Waals surface area contributed by atoms with Crippen LogP contribution in [0.2, 0.25) is 0 Å². The highest BCUT2D eigenvalue weighted by atomic mass is 19.4. The molecule has 2 aromatic heterocycles. The topological polar surface area (TPSA) is 98.8 Å². The fourth-order valence-corrected chi connectivity index (χ4v) is 3.44. The monoisotopic (exact) mass is 404 g/mol. The predicted octanol–water partition coefficient (Wildman–Crippen LogP) is 3.82. The van der Waals surface area contributed by atoms with Crippen LogP contribution in [0.3, 0.4) is 0 Å². The second kappa shape index (κ2) is 7.69. The summed E-state index contributed by atoms with van der Waals surface area (Å²) in [5.74, 6) is -0.377. The average Bonchev–Trinajstić information content (AvgIpc) is 2.69. The quantitative estimate of drug-likeness (QED) is 0.638. The van der Waals surface area contributed by atoms with Crippen LogP contribution in [0.25, 0.3) is 11.0 Å². The van der Waals surface area contributed by atoms with Gasteiger partial charge in [-0.05, 0) is 37.8 Å². The van der Waals surface area contributed by atoms with Crippen LogP contribution in [0.15, 0.2) is 36.8 Å². The number of aromatic nitrogens is 4. The maximum atomic E-state index is 12.8. The molecule has 0 bridgehead atoms. The van der Waals surface area contributed by atoms with E-state index in [0.717, 1.165) is 31.9 Å². The Morgan fingerprint density at radius 3 is 2.52 bits per heavy atom. The van der Waals surface area contributed by atoms with Gasteiger partial charge in [-0.25, -0.2) is 15.0 Å². The van der Waals surface area contributed by atoms with Crippen LogP contribution in [-0.2, 0) is 6.18 Å². The summed E-state index contributed by atoms with van der Waals surface area (Å²) in [4.78, 5) is 15.4. The third-order valence-electron chi connectivity index (χ3n) is 4.79. The zero-order chi connectivity index (χ0) is 20.4. The molecule has 4 rings (SSSR count). The molecule has 0 spiro atoms. The molecule has 0 saturated heterocycles. The van der Waals surface area contributed by atoms with Crippen molar-refractivity contribution in [2.24, 2.45) is 0 Å². The first-order valence-corrected chi connectivity index (χ1v) is 9.22. The molecule has 3 N–H and O–H groups in total. The molecule has 152 valence electrons. The van der Waals surface area contributed by atoms with Crippen LogP contribution in [0.1, 0.15) is 31.5 Å². The lowest BCUT2D eigenvalue weighted by Gasteiger charge is -2.30. The van der Waals surface area contributed by atoms with Gasteiger partial charge in [-0.3, -0.25) is 4.98 Å². The number of halogens is 3. The molecule has 1 aliphatic carbocycles. The molecule has 10 heteroatoms. The highest BCUT2D eigenvalue weighted by Crippen LogP contribution is 2.31. The highest BCUT2D eigenvalue weighted by molar-refractivity contribution is 5.84. The largest absolute Gasteiger partial charge is 0.488 e. The molecular formula is C19H19F3N6O. The van der Waals surface area contributed by atoms with Gasteiger partial charge in [0.1, 0.15) is 17.1 Å². The van der Waals surface area contributed by atoms with Gasteiger partial charge in [0, 0.05) is 36.4 Å². The van der Waals surface area contributed by atoms with Gasteiger partial charge in [-0.2, -0.15) is 13.2 Å². The molecule has 0 radical (unpaired) electrons. The minimum atomic E-state index is -4.56. The Balaban J connectivity index is 1.38. The number of rotatable bonds is 4. The lowest BCUT2D eigenvalue weighted by atomic mass is 9.93. The number of nitrogen functional groups attached to an aromatic ring is 1. The standard InChI is InChI=1S/C19H19F3N6O/c20-19(21,22)18-26-6-5-16(28-18)27-12-1-3-13(4-2-12)29-15-10-11(23)9-14-17(15)25-8-7-24-14/h5-10,12-13H,1-4,23H2,(H,26,27,28). The van der Waals surface area contributed by atoms with E-state index in [2.05, 4.69) is 25.3 Å². The van der Waals surface area contributed by atoms with Gasteiger partial charge >= 0.3 is 6.18 Å². The van der Waals surface area contributed by atoms with Crippen molar-refractivity contribution in [2.45, 2.75) is 44.0 Å². The van der Waals surface area contributed by atoms with E-state index in [1.165, 1.54) is 6.07 Å². The minimum absolute atomic E-state index is 0.0169. The van der Waals surface area contributed by atoms with Crippen molar-refractivity contribution < 1.29 is 17.9 Å².